The van der Waals surface area contributed by atoms with E-state index in [4.69, 9.17) is 11.6 Å². The Balaban J connectivity index is 1.71. The average molecular weight is 454 g/mol. The van der Waals surface area contributed by atoms with E-state index in [1.807, 2.05) is 18.2 Å². The maximum atomic E-state index is 12.4. The molecule has 1 unspecified atom stereocenters. The van der Waals surface area contributed by atoms with Crippen LogP contribution in [-0.2, 0) is 11.3 Å². The van der Waals surface area contributed by atoms with Gasteiger partial charge < -0.3 is 5.32 Å². The molecule has 1 N–H and O–H groups in total. The monoisotopic (exact) mass is 452 g/mol. The first-order chi connectivity index (χ1) is 12.8. The van der Waals surface area contributed by atoms with E-state index in [2.05, 4.69) is 31.4 Å². The molecule has 1 aromatic carbocycles. The molecule has 11 heteroatoms. The Hall–Kier alpha value is -2.72. The van der Waals surface area contributed by atoms with Crippen molar-refractivity contribution >= 4 is 44.9 Å². The molecule has 0 aliphatic heterocycles. The Morgan fingerprint density at radius 3 is 2.81 bits per heavy atom. The summed E-state index contributed by atoms with van der Waals surface area (Å²) in [6.07, 6.45) is 4.02. The number of carbonyl (C=O) groups excluding carboxylic acids is 1. The number of nitrogens with one attached hydrogen (secondary N) is 1. The minimum absolute atomic E-state index is 0.181. The Kier molecular flexibility index (Phi) is 5.57. The molecule has 9 nitrogen and oxygen atoms in total. The van der Waals surface area contributed by atoms with Gasteiger partial charge in [0.05, 0.1) is 15.9 Å². The van der Waals surface area contributed by atoms with Gasteiger partial charge in [-0.25, -0.2) is 0 Å². The first-order valence-electron chi connectivity index (χ1n) is 7.81. The van der Waals surface area contributed by atoms with E-state index >= 15 is 0 Å². The highest BCUT2D eigenvalue weighted by Crippen LogP contribution is 2.23. The fourth-order valence-corrected chi connectivity index (χ4v) is 2.95. The van der Waals surface area contributed by atoms with Crippen LogP contribution in [0.15, 0.2) is 47.3 Å². The van der Waals surface area contributed by atoms with Crippen LogP contribution in [0.5, 0.6) is 0 Å². The minimum Gasteiger partial charge on any atom is -0.306 e. The van der Waals surface area contributed by atoms with E-state index in [0.717, 1.165) is 11.8 Å². The summed E-state index contributed by atoms with van der Waals surface area (Å²) < 4.78 is 3.47. The van der Waals surface area contributed by atoms with E-state index in [-0.39, 0.29) is 5.69 Å². The lowest BCUT2D eigenvalue weighted by Crippen LogP contribution is -2.24. The Bertz CT molecular complexity index is 1000. The van der Waals surface area contributed by atoms with Crippen LogP contribution in [0.1, 0.15) is 18.5 Å². The molecule has 27 heavy (non-hydrogen) atoms. The van der Waals surface area contributed by atoms with Gasteiger partial charge in [0.1, 0.15) is 18.4 Å². The summed E-state index contributed by atoms with van der Waals surface area (Å²) in [7, 11) is 0. The molecular weight excluding hydrogens is 440 g/mol. The number of anilines is 1. The smallest absolute Gasteiger partial charge is 0.306 e. The number of halogens is 2. The topological polar surface area (TPSA) is 108 Å². The molecule has 0 aliphatic carbocycles. The van der Waals surface area contributed by atoms with Crippen LogP contribution in [0.4, 0.5) is 11.5 Å². The van der Waals surface area contributed by atoms with Crippen LogP contribution >= 0.6 is 27.5 Å². The van der Waals surface area contributed by atoms with Crippen molar-refractivity contribution in [2.45, 2.75) is 19.5 Å². The fourth-order valence-electron chi connectivity index (χ4n) is 2.34. The average Bonchev–Trinajstić information content (AvgIpc) is 3.24. The van der Waals surface area contributed by atoms with Crippen LogP contribution in [0.3, 0.4) is 0 Å². The predicted octanol–water partition coefficient (Wildman–Crippen LogP) is 3.65. The van der Waals surface area contributed by atoms with Gasteiger partial charge in [0.25, 0.3) is 0 Å². The van der Waals surface area contributed by atoms with Gasteiger partial charge in [-0.15, -0.1) is 0 Å². The molecule has 2 heterocycles. The molecule has 0 spiro atoms. The Morgan fingerprint density at radius 1 is 1.41 bits per heavy atom. The second kappa shape index (κ2) is 7.89. The maximum absolute atomic E-state index is 12.4. The summed E-state index contributed by atoms with van der Waals surface area (Å²) >= 11 is 9.52. The third kappa shape index (κ3) is 4.34. The van der Waals surface area contributed by atoms with Crippen LogP contribution in [-0.4, -0.2) is 30.4 Å². The number of nitro groups is 1. The summed E-state index contributed by atoms with van der Waals surface area (Å²) in [5.74, 6) is -0.0720. The normalized spacial score (nSPS) is 12.0. The van der Waals surface area contributed by atoms with E-state index < -0.39 is 16.9 Å². The van der Waals surface area contributed by atoms with Gasteiger partial charge in [-0.3, -0.25) is 24.3 Å². The van der Waals surface area contributed by atoms with Crippen molar-refractivity contribution in [2.24, 2.45) is 0 Å². The van der Waals surface area contributed by atoms with Crippen molar-refractivity contribution < 1.29 is 9.72 Å². The summed E-state index contributed by atoms with van der Waals surface area (Å²) in [5, 5.41) is 22.2. The molecule has 3 aromatic rings. The predicted molar refractivity (Wildman–Crippen MR) is 103 cm³/mol. The van der Waals surface area contributed by atoms with Crippen LogP contribution in [0.2, 0.25) is 5.02 Å². The summed E-state index contributed by atoms with van der Waals surface area (Å²) in [6.45, 7) is 2.02. The number of hydrogen-bond acceptors (Lipinski definition) is 5. The zero-order chi connectivity index (χ0) is 19.6. The third-order valence-electron chi connectivity index (χ3n) is 3.82. The standard InChI is InChI=1S/C16H14BrClN6O3/c1-10(23-8-12(6-19-23)24(26)27)16(25)20-15-13(17)9-22(21-15)7-11-4-2-3-5-14(11)18/h2-6,8-10H,7H2,1H3,(H,20,21,25). The maximum Gasteiger partial charge on any atom is 0.307 e. The fraction of sp³-hybridized carbons (Fsp3) is 0.188. The summed E-state index contributed by atoms with van der Waals surface area (Å²) in [6, 6.07) is 6.66. The second-order valence-corrected chi connectivity index (χ2v) is 6.98. The van der Waals surface area contributed by atoms with Gasteiger partial charge >= 0.3 is 5.69 Å². The van der Waals surface area contributed by atoms with Crippen molar-refractivity contribution in [3.8, 4) is 0 Å². The lowest BCUT2D eigenvalue weighted by atomic mass is 10.2. The van der Waals surface area contributed by atoms with Crippen LogP contribution in [0, 0.1) is 10.1 Å². The molecule has 3 rings (SSSR count). The van der Waals surface area contributed by atoms with E-state index in [0.29, 0.717) is 21.9 Å². The molecule has 0 bridgehead atoms. The summed E-state index contributed by atoms with van der Waals surface area (Å²) in [4.78, 5) is 22.6. The molecule has 0 saturated heterocycles. The highest BCUT2D eigenvalue weighted by Gasteiger charge is 2.21. The first-order valence-corrected chi connectivity index (χ1v) is 8.98. The highest BCUT2D eigenvalue weighted by molar-refractivity contribution is 9.10. The van der Waals surface area contributed by atoms with Crippen molar-refractivity contribution in [1.29, 1.82) is 0 Å². The Morgan fingerprint density at radius 2 is 2.15 bits per heavy atom. The van der Waals surface area contributed by atoms with Crippen molar-refractivity contribution in [3.05, 3.63) is 68.0 Å². The SMILES string of the molecule is CC(C(=O)Nc1nn(Cc2ccccc2Cl)cc1Br)n1cc([N+](=O)[O-])cn1. The number of amides is 1. The van der Waals surface area contributed by atoms with Crippen LogP contribution in [0.25, 0.3) is 0 Å². The number of benzene rings is 1. The van der Waals surface area contributed by atoms with E-state index in [9.17, 15) is 14.9 Å². The van der Waals surface area contributed by atoms with E-state index in [1.165, 1.54) is 10.9 Å². The second-order valence-electron chi connectivity index (χ2n) is 5.72. The van der Waals surface area contributed by atoms with Gasteiger partial charge in [-0.2, -0.15) is 10.2 Å². The number of aromatic nitrogens is 4. The number of carbonyl (C=O) groups is 1. The molecule has 0 saturated carbocycles. The van der Waals surface area contributed by atoms with Gasteiger partial charge in [-0.1, -0.05) is 29.8 Å². The number of rotatable bonds is 6. The van der Waals surface area contributed by atoms with Crippen molar-refractivity contribution in [2.75, 3.05) is 5.32 Å². The van der Waals surface area contributed by atoms with E-state index in [1.54, 1.807) is 23.9 Å². The van der Waals surface area contributed by atoms with Gasteiger partial charge in [0, 0.05) is 11.2 Å². The molecule has 0 fully saturated rings. The first kappa shape index (κ1) is 19.1. The van der Waals surface area contributed by atoms with Crippen molar-refractivity contribution in [3.63, 3.8) is 0 Å². The van der Waals surface area contributed by atoms with Gasteiger partial charge in [-0.05, 0) is 34.5 Å². The molecule has 0 aliphatic rings. The third-order valence-corrected chi connectivity index (χ3v) is 4.77. The Labute approximate surface area is 167 Å². The number of nitrogens with zero attached hydrogens (tertiary/aromatic N) is 5. The highest BCUT2D eigenvalue weighted by atomic mass is 79.9. The largest absolute Gasteiger partial charge is 0.307 e. The zero-order valence-corrected chi connectivity index (χ0v) is 16.4. The lowest BCUT2D eigenvalue weighted by Gasteiger charge is -2.11. The molecule has 2 aromatic heterocycles. The summed E-state index contributed by atoms with van der Waals surface area (Å²) in [5.41, 5.74) is 0.712. The zero-order valence-electron chi connectivity index (χ0n) is 14.0. The quantitative estimate of drug-likeness (QED) is 0.453. The molecule has 1 atom stereocenters. The van der Waals surface area contributed by atoms with Crippen molar-refractivity contribution in [1.82, 2.24) is 19.6 Å². The molecule has 1 amide bonds. The van der Waals surface area contributed by atoms with Crippen LogP contribution < -0.4 is 5.32 Å². The lowest BCUT2D eigenvalue weighted by molar-refractivity contribution is -0.385. The van der Waals surface area contributed by atoms with Gasteiger partial charge in [0.15, 0.2) is 5.82 Å². The molecular formula is C16H14BrClN6O3. The molecule has 0 radical (unpaired) electrons. The minimum atomic E-state index is -0.751. The van der Waals surface area contributed by atoms with Gasteiger partial charge in [0.2, 0.25) is 5.91 Å². The number of hydrogen-bond donors (Lipinski definition) is 1. The molecule has 140 valence electrons.